The number of carbonyl (C=O) groups excluding carboxylic acids is 1. The summed E-state index contributed by atoms with van der Waals surface area (Å²) in [5.74, 6) is -3.37. The predicted octanol–water partition coefficient (Wildman–Crippen LogP) is 4.21. The fourth-order valence-corrected chi connectivity index (χ4v) is 4.30. The van der Waals surface area contributed by atoms with Gasteiger partial charge in [0.05, 0.1) is 5.92 Å². The number of rotatable bonds is 8. The fourth-order valence-electron chi connectivity index (χ4n) is 4.30. The van der Waals surface area contributed by atoms with Crippen molar-refractivity contribution in [3.8, 4) is 11.1 Å². The molecule has 1 saturated carbocycles. The zero-order valence-corrected chi connectivity index (χ0v) is 18.1. The Morgan fingerprint density at radius 1 is 0.939 bits per heavy atom. The van der Waals surface area contributed by atoms with Crippen LogP contribution in [0.2, 0.25) is 0 Å². The van der Waals surface area contributed by atoms with E-state index in [0.717, 1.165) is 16.7 Å². The maximum Gasteiger partial charge on any atom is 0.354 e. The highest BCUT2D eigenvalue weighted by Crippen LogP contribution is 2.55. The van der Waals surface area contributed by atoms with E-state index in [1.165, 1.54) is 18.2 Å². The van der Waals surface area contributed by atoms with Crippen molar-refractivity contribution in [3.63, 3.8) is 0 Å². The Kier molecular flexibility index (Phi) is 5.96. The highest BCUT2D eigenvalue weighted by atomic mass is 16.4. The van der Waals surface area contributed by atoms with Crippen LogP contribution in [0.3, 0.4) is 0 Å². The number of aliphatic carboxylic acids is 1. The third-order valence-corrected chi connectivity index (χ3v) is 6.15. The van der Waals surface area contributed by atoms with E-state index >= 15 is 0 Å². The van der Waals surface area contributed by atoms with Gasteiger partial charge >= 0.3 is 11.9 Å². The molecule has 7 heteroatoms. The number of carboxylic acids is 2. The molecule has 7 nitrogen and oxygen atoms in total. The summed E-state index contributed by atoms with van der Waals surface area (Å²) < 4.78 is 0. The molecule has 1 fully saturated rings. The lowest BCUT2D eigenvalue weighted by atomic mass is 9.94. The van der Waals surface area contributed by atoms with Crippen LogP contribution >= 0.6 is 0 Å². The molecule has 1 aliphatic rings. The van der Waals surface area contributed by atoms with Crippen molar-refractivity contribution in [1.29, 1.82) is 0 Å². The Bertz CT molecular complexity index is 1190. The van der Waals surface area contributed by atoms with E-state index in [1.54, 1.807) is 6.92 Å². The highest BCUT2D eigenvalue weighted by Gasteiger charge is 2.56. The molecule has 0 aliphatic heterocycles. The molecule has 3 aromatic rings. The number of aromatic nitrogens is 1. The van der Waals surface area contributed by atoms with E-state index in [2.05, 4.69) is 10.3 Å². The molecule has 33 heavy (non-hydrogen) atoms. The lowest BCUT2D eigenvalue weighted by Gasteiger charge is -2.22. The summed E-state index contributed by atoms with van der Waals surface area (Å²) in [4.78, 5) is 39.6. The molecule has 1 heterocycles. The Hall–Kier alpha value is -4.00. The van der Waals surface area contributed by atoms with Crippen LogP contribution in [0.1, 0.15) is 52.2 Å². The number of carbonyl (C=O) groups is 3. The van der Waals surface area contributed by atoms with E-state index in [-0.39, 0.29) is 23.7 Å². The van der Waals surface area contributed by atoms with Gasteiger partial charge in [0.2, 0.25) is 0 Å². The summed E-state index contributed by atoms with van der Waals surface area (Å²) in [6.07, 6.45) is 0.859. The van der Waals surface area contributed by atoms with Crippen molar-refractivity contribution in [2.24, 2.45) is 5.92 Å². The number of nitrogens with zero attached hydrogens (tertiary/aromatic N) is 1. The van der Waals surface area contributed by atoms with Crippen LogP contribution in [0.4, 0.5) is 0 Å². The molecule has 168 valence electrons. The first-order valence-electron chi connectivity index (χ1n) is 10.7. The van der Waals surface area contributed by atoms with Crippen molar-refractivity contribution >= 4 is 17.8 Å². The molecule has 3 N–H and O–H groups in total. The molecule has 0 spiro atoms. The van der Waals surface area contributed by atoms with E-state index in [0.29, 0.717) is 6.42 Å². The van der Waals surface area contributed by atoms with Crippen LogP contribution in [0.15, 0.2) is 72.8 Å². The summed E-state index contributed by atoms with van der Waals surface area (Å²) in [7, 11) is 0. The molecule has 2 aromatic carbocycles. The van der Waals surface area contributed by atoms with Gasteiger partial charge in [-0.3, -0.25) is 9.59 Å². The normalized spacial score (nSPS) is 20.0. The van der Waals surface area contributed by atoms with Crippen molar-refractivity contribution in [2.45, 2.75) is 31.2 Å². The average Bonchev–Trinajstić information content (AvgIpc) is 3.52. The van der Waals surface area contributed by atoms with Gasteiger partial charge in [-0.1, -0.05) is 67.6 Å². The van der Waals surface area contributed by atoms with E-state index < -0.39 is 29.3 Å². The summed E-state index contributed by atoms with van der Waals surface area (Å²) >= 11 is 0. The lowest BCUT2D eigenvalue weighted by Crippen LogP contribution is -2.41. The molecule has 1 unspecified atom stereocenters. The van der Waals surface area contributed by atoms with Gasteiger partial charge in [-0.25, -0.2) is 9.78 Å². The number of benzene rings is 2. The second-order valence-corrected chi connectivity index (χ2v) is 8.51. The lowest BCUT2D eigenvalue weighted by molar-refractivity contribution is -0.141. The summed E-state index contributed by atoms with van der Waals surface area (Å²) in [5, 5.41) is 21.6. The van der Waals surface area contributed by atoms with E-state index in [1.807, 2.05) is 54.6 Å². The van der Waals surface area contributed by atoms with Crippen LogP contribution in [0, 0.1) is 5.92 Å². The number of pyridine rings is 1. The summed E-state index contributed by atoms with van der Waals surface area (Å²) in [6, 6.07) is 22.3. The van der Waals surface area contributed by atoms with Crippen molar-refractivity contribution in [1.82, 2.24) is 10.3 Å². The molecule has 1 aliphatic carbocycles. The number of hydrogen-bond acceptors (Lipinski definition) is 4. The first-order chi connectivity index (χ1) is 15.8. The van der Waals surface area contributed by atoms with E-state index in [4.69, 9.17) is 5.11 Å². The number of nitrogens with one attached hydrogen (secondary N) is 1. The molecule has 4 rings (SSSR count). The standard InChI is InChI=1S/C26H24N2O5/c1-16(24(30)31)14-26(28-23(29)21-8-5-9-22(27-21)25(32)33)15-20(26)19-12-10-18(11-13-19)17-6-3-2-4-7-17/h2-13,16,20H,14-15H2,1H3,(H,28,29)(H,30,31)(H,32,33)/t16-,20+,26?/m1/s1. The van der Waals surface area contributed by atoms with Crippen LogP contribution in [0.5, 0.6) is 0 Å². The molecule has 3 atom stereocenters. The van der Waals surface area contributed by atoms with Gasteiger partial charge in [0.1, 0.15) is 11.4 Å². The van der Waals surface area contributed by atoms with Crippen molar-refractivity contribution in [3.05, 3.63) is 89.7 Å². The zero-order valence-electron chi connectivity index (χ0n) is 18.1. The Morgan fingerprint density at radius 3 is 2.21 bits per heavy atom. The highest BCUT2D eigenvalue weighted by molar-refractivity contribution is 5.95. The number of aromatic carboxylic acids is 1. The first-order valence-corrected chi connectivity index (χ1v) is 10.7. The van der Waals surface area contributed by atoms with E-state index in [9.17, 15) is 19.5 Å². The molecule has 0 saturated heterocycles. The number of hydrogen-bond donors (Lipinski definition) is 3. The van der Waals surface area contributed by atoms with Gasteiger partial charge in [0, 0.05) is 11.5 Å². The summed E-state index contributed by atoms with van der Waals surface area (Å²) in [5.41, 5.74) is 2.22. The Balaban J connectivity index is 1.57. The third kappa shape index (κ3) is 4.77. The Morgan fingerprint density at radius 2 is 1.58 bits per heavy atom. The molecule has 0 radical (unpaired) electrons. The minimum Gasteiger partial charge on any atom is -0.481 e. The van der Waals surface area contributed by atoms with Gasteiger partial charge in [0.15, 0.2) is 0 Å². The average molecular weight is 444 g/mol. The maximum absolute atomic E-state index is 12.9. The molecular formula is C26H24N2O5. The minimum atomic E-state index is -1.22. The van der Waals surface area contributed by atoms with Gasteiger partial charge in [-0.05, 0) is 41.7 Å². The van der Waals surface area contributed by atoms with Crippen molar-refractivity contribution in [2.75, 3.05) is 0 Å². The second-order valence-electron chi connectivity index (χ2n) is 8.51. The SMILES string of the molecule is C[C@H](CC1(NC(=O)c2cccc(C(=O)O)n2)C[C@H]1c1ccc(-c2ccccc2)cc1)C(=O)O. The van der Waals surface area contributed by atoms with Gasteiger partial charge in [-0.15, -0.1) is 0 Å². The van der Waals surface area contributed by atoms with Crippen LogP contribution < -0.4 is 5.32 Å². The van der Waals surface area contributed by atoms with Gasteiger partial charge in [0.25, 0.3) is 5.91 Å². The monoisotopic (exact) mass is 444 g/mol. The predicted molar refractivity (Wildman–Crippen MR) is 122 cm³/mol. The smallest absolute Gasteiger partial charge is 0.354 e. The zero-order chi connectivity index (χ0) is 23.6. The van der Waals surface area contributed by atoms with Crippen LogP contribution in [0.25, 0.3) is 11.1 Å². The third-order valence-electron chi connectivity index (χ3n) is 6.15. The number of carboxylic acid groups (broad SMARTS) is 2. The first kappa shape index (κ1) is 22.2. The Labute approximate surface area is 191 Å². The molecular weight excluding hydrogens is 420 g/mol. The molecule has 1 amide bonds. The topological polar surface area (TPSA) is 117 Å². The fraction of sp³-hybridized carbons (Fsp3) is 0.231. The number of amides is 1. The van der Waals surface area contributed by atoms with Crippen LogP contribution in [-0.4, -0.2) is 38.6 Å². The van der Waals surface area contributed by atoms with Gasteiger partial charge in [-0.2, -0.15) is 0 Å². The van der Waals surface area contributed by atoms with Crippen LogP contribution in [-0.2, 0) is 4.79 Å². The van der Waals surface area contributed by atoms with Crippen molar-refractivity contribution < 1.29 is 24.6 Å². The second kappa shape index (κ2) is 8.86. The molecule has 1 aromatic heterocycles. The minimum absolute atomic E-state index is 0.0117. The molecule has 0 bridgehead atoms. The largest absolute Gasteiger partial charge is 0.481 e. The maximum atomic E-state index is 12.9. The van der Waals surface area contributed by atoms with Gasteiger partial charge < -0.3 is 15.5 Å². The summed E-state index contributed by atoms with van der Waals surface area (Å²) in [6.45, 7) is 1.62. The quantitative estimate of drug-likeness (QED) is 0.479.